The van der Waals surface area contributed by atoms with Gasteiger partial charge in [0, 0.05) is 16.4 Å². The fraction of sp³-hybridized carbons (Fsp3) is 0.400. The molecule has 1 unspecified atom stereocenters. The van der Waals surface area contributed by atoms with Crippen molar-refractivity contribution in [2.75, 3.05) is 0 Å². The number of carbonyl (C=O) groups is 3. The maximum atomic E-state index is 11.7. The van der Waals surface area contributed by atoms with Crippen molar-refractivity contribution in [1.29, 1.82) is 0 Å². The lowest BCUT2D eigenvalue weighted by Gasteiger charge is -2.13. The Balaban J connectivity index is 2.35. The van der Waals surface area contributed by atoms with E-state index in [1.807, 2.05) is 24.3 Å². The first-order valence-electron chi connectivity index (χ1n) is 6.87. The summed E-state index contributed by atoms with van der Waals surface area (Å²) in [6.07, 6.45) is 1.14. The second-order valence-electron chi connectivity index (χ2n) is 4.87. The lowest BCUT2D eigenvalue weighted by molar-refractivity contribution is -0.143. The van der Waals surface area contributed by atoms with Crippen LogP contribution in [0.15, 0.2) is 24.3 Å². The molecule has 1 amide bonds. The molecule has 22 heavy (non-hydrogen) atoms. The Hall–Kier alpha value is -1.64. The highest BCUT2D eigenvalue weighted by molar-refractivity contribution is 14.1. The Bertz CT molecular complexity index is 529. The minimum absolute atomic E-state index is 0.118. The van der Waals surface area contributed by atoms with Crippen molar-refractivity contribution in [2.24, 2.45) is 0 Å². The maximum Gasteiger partial charge on any atom is 0.326 e. The van der Waals surface area contributed by atoms with Gasteiger partial charge in [-0.3, -0.25) is 9.59 Å². The van der Waals surface area contributed by atoms with Gasteiger partial charge in [-0.05, 0) is 59.5 Å². The van der Waals surface area contributed by atoms with E-state index < -0.39 is 18.0 Å². The molecule has 1 atom stereocenters. The van der Waals surface area contributed by atoms with E-state index in [1.54, 1.807) is 0 Å². The van der Waals surface area contributed by atoms with Crippen LogP contribution in [0.2, 0.25) is 0 Å². The molecule has 0 heterocycles. The fourth-order valence-electron chi connectivity index (χ4n) is 1.90. The highest BCUT2D eigenvalue weighted by Gasteiger charge is 2.20. The third-order valence-corrected chi connectivity index (χ3v) is 3.78. The summed E-state index contributed by atoms with van der Waals surface area (Å²) < 4.78 is 1.14. The SMILES string of the molecule is O=C(O)CCC(NC(=O)CCCc1ccc(I)cc1)C(=O)O. The second-order valence-corrected chi connectivity index (χ2v) is 6.12. The van der Waals surface area contributed by atoms with E-state index in [0.717, 1.165) is 15.6 Å². The molecule has 0 aliphatic carbocycles. The zero-order valence-corrected chi connectivity index (χ0v) is 14.1. The van der Waals surface area contributed by atoms with Crippen LogP contribution in [-0.2, 0) is 20.8 Å². The first kappa shape index (κ1) is 18.4. The highest BCUT2D eigenvalue weighted by atomic mass is 127. The number of rotatable bonds is 9. The number of aryl methyl sites for hydroxylation is 1. The summed E-state index contributed by atoms with van der Waals surface area (Å²) in [5, 5.41) is 19.9. The predicted molar refractivity (Wildman–Crippen MR) is 88.5 cm³/mol. The number of carboxylic acids is 2. The van der Waals surface area contributed by atoms with Gasteiger partial charge in [0.25, 0.3) is 0 Å². The molecule has 0 saturated heterocycles. The molecule has 120 valence electrons. The number of aliphatic carboxylic acids is 2. The van der Waals surface area contributed by atoms with Crippen molar-refractivity contribution in [3.63, 3.8) is 0 Å². The van der Waals surface area contributed by atoms with Gasteiger partial charge in [0.2, 0.25) is 5.91 Å². The third kappa shape index (κ3) is 7.39. The second kappa shape index (κ2) is 9.39. The van der Waals surface area contributed by atoms with Gasteiger partial charge in [-0.15, -0.1) is 0 Å². The van der Waals surface area contributed by atoms with Crippen molar-refractivity contribution in [3.8, 4) is 0 Å². The van der Waals surface area contributed by atoms with E-state index >= 15 is 0 Å². The lowest BCUT2D eigenvalue weighted by atomic mass is 10.1. The van der Waals surface area contributed by atoms with Crippen LogP contribution in [0.5, 0.6) is 0 Å². The number of halogens is 1. The maximum absolute atomic E-state index is 11.7. The van der Waals surface area contributed by atoms with E-state index in [4.69, 9.17) is 10.2 Å². The third-order valence-electron chi connectivity index (χ3n) is 3.06. The first-order chi connectivity index (χ1) is 10.4. The number of benzene rings is 1. The van der Waals surface area contributed by atoms with Crippen LogP contribution in [0.4, 0.5) is 0 Å². The smallest absolute Gasteiger partial charge is 0.326 e. The minimum atomic E-state index is -1.22. The van der Waals surface area contributed by atoms with Crippen molar-refractivity contribution < 1.29 is 24.6 Å². The average Bonchev–Trinajstić information content (AvgIpc) is 2.45. The minimum Gasteiger partial charge on any atom is -0.481 e. The van der Waals surface area contributed by atoms with Crippen molar-refractivity contribution in [2.45, 2.75) is 38.1 Å². The number of carbonyl (C=O) groups excluding carboxylic acids is 1. The molecule has 7 heteroatoms. The largest absolute Gasteiger partial charge is 0.481 e. The molecule has 0 saturated carbocycles. The Morgan fingerprint density at radius 2 is 1.73 bits per heavy atom. The van der Waals surface area contributed by atoms with Gasteiger partial charge in [0.1, 0.15) is 6.04 Å². The summed E-state index contributed by atoms with van der Waals surface area (Å²) in [7, 11) is 0. The van der Waals surface area contributed by atoms with Gasteiger partial charge in [-0.25, -0.2) is 4.79 Å². The monoisotopic (exact) mass is 419 g/mol. The summed E-state index contributed by atoms with van der Waals surface area (Å²) in [5.41, 5.74) is 1.12. The molecular formula is C15H18INO5. The summed E-state index contributed by atoms with van der Waals surface area (Å²) in [6, 6.07) is 6.81. The van der Waals surface area contributed by atoms with Gasteiger partial charge >= 0.3 is 11.9 Å². The number of nitrogens with one attached hydrogen (secondary N) is 1. The molecule has 0 aliphatic rings. The van der Waals surface area contributed by atoms with Gasteiger partial charge < -0.3 is 15.5 Å². The molecule has 0 bridgehead atoms. The zero-order chi connectivity index (χ0) is 16.5. The predicted octanol–water partition coefficient (Wildman–Crippen LogP) is 2.05. The zero-order valence-electron chi connectivity index (χ0n) is 11.9. The van der Waals surface area contributed by atoms with Crippen molar-refractivity contribution >= 4 is 40.4 Å². The van der Waals surface area contributed by atoms with Crippen LogP contribution in [-0.4, -0.2) is 34.1 Å². The lowest BCUT2D eigenvalue weighted by Crippen LogP contribution is -2.41. The highest BCUT2D eigenvalue weighted by Crippen LogP contribution is 2.09. The summed E-state index contributed by atoms with van der Waals surface area (Å²) >= 11 is 2.21. The number of carboxylic acid groups (broad SMARTS) is 2. The molecular weight excluding hydrogens is 401 g/mol. The van der Waals surface area contributed by atoms with E-state index in [2.05, 4.69) is 27.9 Å². The summed E-state index contributed by atoms with van der Waals surface area (Å²) in [5.74, 6) is -2.67. The Labute approximate surface area is 142 Å². The average molecular weight is 419 g/mol. The van der Waals surface area contributed by atoms with E-state index in [0.29, 0.717) is 6.42 Å². The number of hydrogen-bond donors (Lipinski definition) is 3. The molecule has 0 spiro atoms. The molecule has 1 aromatic rings. The fourth-order valence-corrected chi connectivity index (χ4v) is 2.26. The van der Waals surface area contributed by atoms with Gasteiger partial charge in [-0.1, -0.05) is 12.1 Å². The van der Waals surface area contributed by atoms with Gasteiger partial charge in [0.05, 0.1) is 0 Å². The topological polar surface area (TPSA) is 104 Å². The normalized spacial score (nSPS) is 11.7. The first-order valence-corrected chi connectivity index (χ1v) is 7.94. The van der Waals surface area contributed by atoms with Gasteiger partial charge in [-0.2, -0.15) is 0 Å². The Morgan fingerprint density at radius 3 is 2.27 bits per heavy atom. The number of amides is 1. The van der Waals surface area contributed by atoms with Crippen molar-refractivity contribution in [3.05, 3.63) is 33.4 Å². The van der Waals surface area contributed by atoms with Crippen LogP contribution >= 0.6 is 22.6 Å². The summed E-state index contributed by atoms with van der Waals surface area (Å²) in [4.78, 5) is 33.1. The van der Waals surface area contributed by atoms with E-state index in [1.165, 1.54) is 0 Å². The van der Waals surface area contributed by atoms with Crippen molar-refractivity contribution in [1.82, 2.24) is 5.32 Å². The van der Waals surface area contributed by atoms with Crippen LogP contribution in [0.25, 0.3) is 0 Å². The molecule has 1 aromatic carbocycles. The van der Waals surface area contributed by atoms with Gasteiger partial charge in [0.15, 0.2) is 0 Å². The molecule has 0 radical (unpaired) electrons. The van der Waals surface area contributed by atoms with E-state index in [9.17, 15) is 14.4 Å². The van der Waals surface area contributed by atoms with Crippen LogP contribution in [0.1, 0.15) is 31.2 Å². The van der Waals surface area contributed by atoms with Crippen LogP contribution < -0.4 is 5.32 Å². The quantitative estimate of drug-likeness (QED) is 0.532. The molecule has 0 aliphatic heterocycles. The van der Waals surface area contributed by atoms with E-state index in [-0.39, 0.29) is 25.2 Å². The molecule has 3 N–H and O–H groups in total. The molecule has 0 fully saturated rings. The Morgan fingerprint density at radius 1 is 1.09 bits per heavy atom. The molecule has 1 rings (SSSR count). The van der Waals surface area contributed by atoms with Crippen LogP contribution in [0, 0.1) is 3.57 Å². The number of hydrogen-bond acceptors (Lipinski definition) is 3. The molecule has 0 aromatic heterocycles. The summed E-state index contributed by atoms with van der Waals surface area (Å²) in [6.45, 7) is 0. The standard InChI is InChI=1S/C15H18INO5/c16-11-6-4-10(5-7-11)2-1-3-13(18)17-12(15(21)22)8-9-14(19)20/h4-7,12H,1-3,8-9H2,(H,17,18)(H,19,20)(H,21,22). The Kier molecular flexibility index (Phi) is 7.86. The molecule has 6 nitrogen and oxygen atoms in total. The van der Waals surface area contributed by atoms with Crippen LogP contribution in [0.3, 0.4) is 0 Å².